The molecule has 116 valence electrons. The predicted molar refractivity (Wildman–Crippen MR) is 82.8 cm³/mol. The Balaban J connectivity index is 2.08. The van der Waals surface area contributed by atoms with E-state index in [2.05, 4.69) is 13.8 Å². The van der Waals surface area contributed by atoms with Crippen molar-refractivity contribution in [1.29, 1.82) is 0 Å². The fourth-order valence-electron chi connectivity index (χ4n) is 3.14. The Morgan fingerprint density at radius 3 is 2.43 bits per heavy atom. The Hall–Kier alpha value is -1.71. The van der Waals surface area contributed by atoms with Crippen LogP contribution in [0.25, 0.3) is 0 Å². The molecule has 1 aliphatic heterocycles. The average Bonchev–Trinajstić information content (AvgIpc) is 2.46. The Morgan fingerprint density at radius 1 is 1.19 bits per heavy atom. The van der Waals surface area contributed by atoms with Gasteiger partial charge in [-0.1, -0.05) is 19.9 Å². The van der Waals surface area contributed by atoms with Gasteiger partial charge in [0.2, 0.25) is 5.91 Å². The number of benzene rings is 1. The molecule has 0 saturated carbocycles. The van der Waals surface area contributed by atoms with E-state index in [1.54, 1.807) is 14.2 Å². The van der Waals surface area contributed by atoms with Crippen LogP contribution in [0, 0.1) is 11.8 Å². The maximum Gasteiger partial charge on any atom is 0.227 e. The average molecular weight is 291 g/mol. The number of rotatable bonds is 4. The van der Waals surface area contributed by atoms with Gasteiger partial charge in [-0.05, 0) is 24.3 Å². The summed E-state index contributed by atoms with van der Waals surface area (Å²) >= 11 is 0. The standard InChI is InChI=1S/C17H25NO3/c1-12-7-13(2)11-18(10-12)17(19)8-14-5-6-15(20-3)9-16(14)21-4/h5-6,9,12-13H,7-8,10-11H2,1-4H3. The zero-order chi connectivity index (χ0) is 15.4. The minimum absolute atomic E-state index is 0.178. The summed E-state index contributed by atoms with van der Waals surface area (Å²) in [5.74, 6) is 2.78. The number of likely N-dealkylation sites (tertiary alicyclic amines) is 1. The molecule has 4 heteroatoms. The molecule has 0 spiro atoms. The number of hydrogen-bond acceptors (Lipinski definition) is 3. The van der Waals surface area contributed by atoms with Gasteiger partial charge < -0.3 is 14.4 Å². The highest BCUT2D eigenvalue weighted by atomic mass is 16.5. The minimum Gasteiger partial charge on any atom is -0.497 e. The van der Waals surface area contributed by atoms with Gasteiger partial charge in [0.05, 0.1) is 20.6 Å². The van der Waals surface area contributed by atoms with Crippen molar-refractivity contribution in [3.05, 3.63) is 23.8 Å². The van der Waals surface area contributed by atoms with Gasteiger partial charge in [0, 0.05) is 24.7 Å². The van der Waals surface area contributed by atoms with Gasteiger partial charge in [-0.3, -0.25) is 4.79 Å². The van der Waals surface area contributed by atoms with E-state index in [4.69, 9.17) is 9.47 Å². The lowest BCUT2D eigenvalue weighted by Gasteiger charge is -2.35. The van der Waals surface area contributed by atoms with E-state index in [9.17, 15) is 4.79 Å². The number of methoxy groups -OCH3 is 2. The summed E-state index contributed by atoms with van der Waals surface area (Å²) in [6, 6.07) is 5.60. The van der Waals surface area contributed by atoms with Gasteiger partial charge in [0.1, 0.15) is 11.5 Å². The first-order valence-electron chi connectivity index (χ1n) is 7.52. The zero-order valence-electron chi connectivity index (χ0n) is 13.4. The summed E-state index contributed by atoms with van der Waals surface area (Å²) in [6.45, 7) is 6.15. The SMILES string of the molecule is COc1ccc(CC(=O)N2CC(C)CC(C)C2)c(OC)c1. The second-order valence-corrected chi connectivity index (χ2v) is 6.10. The van der Waals surface area contributed by atoms with Crippen LogP contribution in [0.4, 0.5) is 0 Å². The second-order valence-electron chi connectivity index (χ2n) is 6.10. The van der Waals surface area contributed by atoms with Gasteiger partial charge in [0.25, 0.3) is 0 Å². The lowest BCUT2D eigenvalue weighted by atomic mass is 9.91. The third-order valence-corrected chi connectivity index (χ3v) is 4.06. The van der Waals surface area contributed by atoms with E-state index in [1.165, 1.54) is 6.42 Å². The van der Waals surface area contributed by atoms with Crippen molar-refractivity contribution in [3.63, 3.8) is 0 Å². The largest absolute Gasteiger partial charge is 0.497 e. The second kappa shape index (κ2) is 6.83. The van der Waals surface area contributed by atoms with E-state index in [-0.39, 0.29) is 5.91 Å². The number of carbonyl (C=O) groups excluding carboxylic acids is 1. The minimum atomic E-state index is 0.178. The predicted octanol–water partition coefficient (Wildman–Crippen LogP) is 2.75. The maximum absolute atomic E-state index is 12.5. The summed E-state index contributed by atoms with van der Waals surface area (Å²) in [6.07, 6.45) is 1.59. The number of carbonyl (C=O) groups is 1. The molecular formula is C17H25NO3. The molecule has 4 nitrogen and oxygen atoms in total. The van der Waals surface area contributed by atoms with Gasteiger partial charge in [-0.2, -0.15) is 0 Å². The highest BCUT2D eigenvalue weighted by Crippen LogP contribution is 2.27. The fraction of sp³-hybridized carbons (Fsp3) is 0.588. The topological polar surface area (TPSA) is 38.8 Å². The first-order valence-corrected chi connectivity index (χ1v) is 7.52. The molecule has 0 bridgehead atoms. The third kappa shape index (κ3) is 3.90. The molecule has 1 aromatic carbocycles. The van der Waals surface area contributed by atoms with Gasteiger partial charge in [-0.15, -0.1) is 0 Å². The van der Waals surface area contributed by atoms with Crippen LogP contribution in [0.15, 0.2) is 18.2 Å². The molecule has 1 fully saturated rings. The smallest absolute Gasteiger partial charge is 0.227 e. The lowest BCUT2D eigenvalue weighted by Crippen LogP contribution is -2.43. The van der Waals surface area contributed by atoms with Crippen molar-refractivity contribution < 1.29 is 14.3 Å². The van der Waals surface area contributed by atoms with Crippen molar-refractivity contribution in [2.24, 2.45) is 11.8 Å². The highest BCUT2D eigenvalue weighted by Gasteiger charge is 2.25. The number of hydrogen-bond donors (Lipinski definition) is 0. The van der Waals surface area contributed by atoms with Crippen LogP contribution in [0.2, 0.25) is 0 Å². The maximum atomic E-state index is 12.5. The summed E-state index contributed by atoms with van der Waals surface area (Å²) in [4.78, 5) is 14.5. The number of amides is 1. The van der Waals surface area contributed by atoms with Crippen molar-refractivity contribution in [1.82, 2.24) is 4.90 Å². The van der Waals surface area contributed by atoms with Crippen LogP contribution in [-0.4, -0.2) is 38.1 Å². The monoisotopic (exact) mass is 291 g/mol. The molecule has 2 atom stereocenters. The van der Waals surface area contributed by atoms with E-state index < -0.39 is 0 Å². The number of ether oxygens (including phenoxy) is 2. The van der Waals surface area contributed by atoms with Crippen LogP contribution in [0.5, 0.6) is 11.5 Å². The molecule has 0 aromatic heterocycles. The lowest BCUT2D eigenvalue weighted by molar-refractivity contribution is -0.133. The van der Waals surface area contributed by atoms with E-state index in [1.807, 2.05) is 23.1 Å². The summed E-state index contributed by atoms with van der Waals surface area (Å²) < 4.78 is 10.6. The molecule has 2 rings (SSSR count). The van der Waals surface area contributed by atoms with E-state index in [0.29, 0.717) is 24.0 Å². The Bertz CT molecular complexity index is 491. The molecule has 2 unspecified atom stereocenters. The molecule has 1 heterocycles. The normalized spacial score (nSPS) is 22.0. The number of piperidine rings is 1. The van der Waals surface area contributed by atoms with Crippen LogP contribution in [-0.2, 0) is 11.2 Å². The third-order valence-electron chi connectivity index (χ3n) is 4.06. The van der Waals surface area contributed by atoms with Crippen LogP contribution >= 0.6 is 0 Å². The molecule has 1 aliphatic rings. The Kier molecular flexibility index (Phi) is 5.10. The number of nitrogens with zero attached hydrogens (tertiary/aromatic N) is 1. The van der Waals surface area contributed by atoms with E-state index in [0.717, 1.165) is 24.4 Å². The van der Waals surface area contributed by atoms with Crippen LogP contribution in [0.3, 0.4) is 0 Å². The molecular weight excluding hydrogens is 266 g/mol. The van der Waals surface area contributed by atoms with E-state index >= 15 is 0 Å². The summed E-state index contributed by atoms with van der Waals surface area (Å²) in [7, 11) is 3.24. The first kappa shape index (κ1) is 15.7. The quantitative estimate of drug-likeness (QED) is 0.856. The van der Waals surface area contributed by atoms with Gasteiger partial charge in [0.15, 0.2) is 0 Å². The molecule has 0 aliphatic carbocycles. The summed E-state index contributed by atoms with van der Waals surface area (Å²) in [5, 5.41) is 0. The Morgan fingerprint density at radius 2 is 1.86 bits per heavy atom. The molecule has 21 heavy (non-hydrogen) atoms. The Labute approximate surface area is 127 Å². The van der Waals surface area contributed by atoms with Crippen LogP contribution in [0.1, 0.15) is 25.8 Å². The molecule has 1 amide bonds. The molecule has 0 N–H and O–H groups in total. The first-order chi connectivity index (χ1) is 10.0. The molecule has 1 saturated heterocycles. The zero-order valence-corrected chi connectivity index (χ0v) is 13.4. The summed E-state index contributed by atoms with van der Waals surface area (Å²) in [5.41, 5.74) is 0.911. The van der Waals surface area contributed by atoms with Crippen molar-refractivity contribution in [2.45, 2.75) is 26.7 Å². The molecule has 0 radical (unpaired) electrons. The fourth-order valence-corrected chi connectivity index (χ4v) is 3.14. The van der Waals surface area contributed by atoms with Crippen molar-refractivity contribution >= 4 is 5.91 Å². The van der Waals surface area contributed by atoms with Crippen molar-refractivity contribution in [3.8, 4) is 11.5 Å². The van der Waals surface area contributed by atoms with Crippen LogP contribution < -0.4 is 9.47 Å². The van der Waals surface area contributed by atoms with Gasteiger partial charge in [-0.25, -0.2) is 0 Å². The highest BCUT2D eigenvalue weighted by molar-refractivity contribution is 5.79. The van der Waals surface area contributed by atoms with Crippen molar-refractivity contribution in [2.75, 3.05) is 27.3 Å². The van der Waals surface area contributed by atoms with Gasteiger partial charge >= 0.3 is 0 Å². The molecule has 1 aromatic rings.